The van der Waals surface area contributed by atoms with Crippen LogP contribution in [0.4, 0.5) is 11.4 Å². The first-order valence-electron chi connectivity index (χ1n) is 10.9. The fourth-order valence-corrected chi connectivity index (χ4v) is 4.09. The van der Waals surface area contributed by atoms with Crippen molar-refractivity contribution in [3.63, 3.8) is 0 Å². The molecule has 4 nitrogen and oxygen atoms in total. The summed E-state index contributed by atoms with van der Waals surface area (Å²) in [6, 6.07) is 22.8. The van der Waals surface area contributed by atoms with Crippen molar-refractivity contribution >= 4 is 29.3 Å². The number of rotatable bonds is 4. The van der Waals surface area contributed by atoms with Crippen LogP contribution in [0, 0.1) is 20.8 Å². The summed E-state index contributed by atoms with van der Waals surface area (Å²) in [5, 5.41) is 0. The zero-order valence-electron chi connectivity index (χ0n) is 19.0. The summed E-state index contributed by atoms with van der Waals surface area (Å²) in [5.41, 5.74) is 6.67. The first kappa shape index (κ1) is 21.6. The summed E-state index contributed by atoms with van der Waals surface area (Å²) < 4.78 is 0. The Labute approximate surface area is 189 Å². The van der Waals surface area contributed by atoms with Crippen LogP contribution in [0.25, 0.3) is 6.08 Å². The first-order chi connectivity index (χ1) is 15.3. The molecule has 162 valence electrons. The van der Waals surface area contributed by atoms with E-state index < -0.39 is 6.04 Å². The van der Waals surface area contributed by atoms with Crippen molar-refractivity contribution < 1.29 is 9.59 Å². The largest absolute Gasteiger partial charge is 0.301 e. The van der Waals surface area contributed by atoms with Crippen molar-refractivity contribution in [1.29, 1.82) is 0 Å². The third-order valence-electron chi connectivity index (χ3n) is 6.06. The molecule has 3 aromatic rings. The maximum atomic E-state index is 13.8. The Morgan fingerprint density at radius 1 is 0.844 bits per heavy atom. The predicted octanol–water partition coefficient (Wildman–Crippen LogP) is 5.46. The minimum absolute atomic E-state index is 0.0182. The molecular weight excluding hydrogens is 396 g/mol. The number of aryl methyl sites for hydroxylation is 3. The van der Waals surface area contributed by atoms with Gasteiger partial charge in [0.15, 0.2) is 0 Å². The molecule has 1 aliphatic heterocycles. The molecule has 1 atom stereocenters. The number of benzene rings is 3. The Hall–Kier alpha value is -3.66. The average molecular weight is 425 g/mol. The Morgan fingerprint density at radius 3 is 2.16 bits per heavy atom. The van der Waals surface area contributed by atoms with E-state index >= 15 is 0 Å². The van der Waals surface area contributed by atoms with E-state index in [1.165, 1.54) is 0 Å². The highest BCUT2D eigenvalue weighted by Crippen LogP contribution is 2.31. The lowest BCUT2D eigenvalue weighted by atomic mass is 9.98. The molecule has 0 unspecified atom stereocenters. The van der Waals surface area contributed by atoms with Crippen LogP contribution in [0.2, 0.25) is 0 Å². The molecule has 1 saturated heterocycles. The Morgan fingerprint density at radius 2 is 1.50 bits per heavy atom. The van der Waals surface area contributed by atoms with Gasteiger partial charge in [-0.15, -0.1) is 0 Å². The molecular formula is C28H28N2O2. The molecule has 3 aromatic carbocycles. The van der Waals surface area contributed by atoms with E-state index in [0.717, 1.165) is 39.2 Å². The van der Waals surface area contributed by atoms with Crippen molar-refractivity contribution in [2.45, 2.75) is 33.7 Å². The van der Waals surface area contributed by atoms with Gasteiger partial charge in [-0.25, -0.2) is 0 Å². The van der Waals surface area contributed by atoms with E-state index in [4.69, 9.17) is 0 Å². The fourth-order valence-electron chi connectivity index (χ4n) is 4.09. The molecule has 1 fully saturated rings. The SMILES string of the molecule is C/C(=C\c1ccccc1)[C@@H]1C(=O)N(c2ccc(C)c(C)c2)CC(=O)N1c1ccc(C)cc1. The minimum atomic E-state index is -0.708. The highest BCUT2D eigenvalue weighted by Gasteiger charge is 2.41. The number of hydrogen-bond donors (Lipinski definition) is 0. The maximum Gasteiger partial charge on any atom is 0.254 e. The molecule has 0 saturated carbocycles. The molecule has 1 aliphatic rings. The summed E-state index contributed by atoms with van der Waals surface area (Å²) >= 11 is 0. The summed E-state index contributed by atoms with van der Waals surface area (Å²) in [6.45, 7) is 8.01. The number of carbonyl (C=O) groups is 2. The monoisotopic (exact) mass is 424 g/mol. The van der Waals surface area contributed by atoms with Crippen LogP contribution in [0.5, 0.6) is 0 Å². The van der Waals surface area contributed by atoms with Gasteiger partial charge in [0.2, 0.25) is 5.91 Å². The van der Waals surface area contributed by atoms with Gasteiger partial charge in [0.05, 0.1) is 0 Å². The van der Waals surface area contributed by atoms with E-state index in [2.05, 4.69) is 0 Å². The van der Waals surface area contributed by atoms with E-state index in [1.54, 1.807) is 9.80 Å². The van der Waals surface area contributed by atoms with Crippen LogP contribution in [-0.2, 0) is 9.59 Å². The lowest BCUT2D eigenvalue weighted by Gasteiger charge is -2.41. The Balaban J connectivity index is 1.80. The normalized spacial score (nSPS) is 17.1. The van der Waals surface area contributed by atoms with Crippen LogP contribution in [-0.4, -0.2) is 24.4 Å². The van der Waals surface area contributed by atoms with Gasteiger partial charge >= 0.3 is 0 Å². The van der Waals surface area contributed by atoms with Crippen LogP contribution < -0.4 is 9.80 Å². The molecule has 0 radical (unpaired) electrons. The molecule has 0 spiro atoms. The molecule has 0 bridgehead atoms. The van der Waals surface area contributed by atoms with Gasteiger partial charge in [-0.05, 0) is 74.2 Å². The van der Waals surface area contributed by atoms with E-state index in [9.17, 15) is 9.59 Å². The van der Waals surface area contributed by atoms with Gasteiger partial charge in [-0.3, -0.25) is 14.5 Å². The summed E-state index contributed by atoms with van der Waals surface area (Å²) in [6.07, 6.45) is 1.99. The third kappa shape index (κ3) is 4.22. The zero-order valence-corrected chi connectivity index (χ0v) is 19.0. The molecule has 4 heteroatoms. The summed E-state index contributed by atoms with van der Waals surface area (Å²) in [7, 11) is 0. The number of nitrogens with zero attached hydrogens (tertiary/aromatic N) is 2. The van der Waals surface area contributed by atoms with Crippen molar-refractivity contribution in [3.8, 4) is 0 Å². The highest BCUT2D eigenvalue weighted by atomic mass is 16.2. The number of hydrogen-bond acceptors (Lipinski definition) is 2. The fraction of sp³-hybridized carbons (Fsp3) is 0.214. The molecule has 0 aromatic heterocycles. The standard InChI is InChI=1S/C28H28N2O2/c1-19-10-13-24(14-11-19)30-26(31)18-29(25-15-12-20(2)21(3)17-25)28(32)27(30)22(4)16-23-8-6-5-7-9-23/h5-17,27H,18H2,1-4H3/b22-16+/t27-/m1/s1. The smallest absolute Gasteiger partial charge is 0.254 e. The molecule has 4 rings (SSSR count). The maximum absolute atomic E-state index is 13.8. The summed E-state index contributed by atoms with van der Waals surface area (Å²) in [5.74, 6) is -0.199. The van der Waals surface area contributed by atoms with Crippen molar-refractivity contribution in [1.82, 2.24) is 0 Å². The van der Waals surface area contributed by atoms with Crippen molar-refractivity contribution in [2.24, 2.45) is 0 Å². The second kappa shape index (κ2) is 8.83. The molecule has 1 heterocycles. The highest BCUT2D eigenvalue weighted by molar-refractivity contribution is 6.16. The molecule has 2 amide bonds. The van der Waals surface area contributed by atoms with E-state index in [0.29, 0.717) is 0 Å². The minimum Gasteiger partial charge on any atom is -0.301 e. The predicted molar refractivity (Wildman–Crippen MR) is 131 cm³/mol. The second-order valence-corrected chi connectivity index (χ2v) is 8.49. The number of amides is 2. The zero-order chi connectivity index (χ0) is 22.8. The Kier molecular flexibility index (Phi) is 5.95. The second-order valence-electron chi connectivity index (χ2n) is 8.49. The van der Waals surface area contributed by atoms with E-state index in [1.807, 2.05) is 107 Å². The quantitative estimate of drug-likeness (QED) is 0.558. The lowest BCUT2D eigenvalue weighted by Crippen LogP contribution is -2.61. The lowest BCUT2D eigenvalue weighted by molar-refractivity contribution is -0.127. The first-order valence-corrected chi connectivity index (χ1v) is 10.9. The third-order valence-corrected chi connectivity index (χ3v) is 6.06. The Bertz CT molecular complexity index is 1180. The van der Waals surface area contributed by atoms with Gasteiger partial charge in [0, 0.05) is 11.4 Å². The van der Waals surface area contributed by atoms with Gasteiger partial charge in [0.25, 0.3) is 5.91 Å². The van der Waals surface area contributed by atoms with Crippen LogP contribution in [0.3, 0.4) is 0 Å². The van der Waals surface area contributed by atoms with Gasteiger partial charge in [0.1, 0.15) is 12.6 Å². The molecule has 0 aliphatic carbocycles. The van der Waals surface area contributed by atoms with Gasteiger partial charge in [-0.1, -0.05) is 60.2 Å². The number of carbonyl (C=O) groups excluding carboxylic acids is 2. The molecule has 32 heavy (non-hydrogen) atoms. The van der Waals surface area contributed by atoms with Crippen molar-refractivity contribution in [2.75, 3.05) is 16.3 Å². The number of piperazine rings is 1. The topological polar surface area (TPSA) is 40.6 Å². The van der Waals surface area contributed by atoms with Crippen molar-refractivity contribution in [3.05, 3.63) is 101 Å². The van der Waals surface area contributed by atoms with Gasteiger partial charge in [-0.2, -0.15) is 0 Å². The van der Waals surface area contributed by atoms with E-state index in [-0.39, 0.29) is 18.4 Å². The summed E-state index contributed by atoms with van der Waals surface area (Å²) in [4.78, 5) is 30.5. The van der Waals surface area contributed by atoms with Crippen LogP contribution in [0.15, 0.2) is 78.4 Å². The average Bonchev–Trinajstić information content (AvgIpc) is 2.78. The van der Waals surface area contributed by atoms with Gasteiger partial charge < -0.3 is 4.90 Å². The van der Waals surface area contributed by atoms with Crippen LogP contribution >= 0.6 is 0 Å². The van der Waals surface area contributed by atoms with Crippen LogP contribution in [0.1, 0.15) is 29.2 Å². The molecule has 0 N–H and O–H groups in total. The number of anilines is 2.